The molecule has 2 aromatic rings. The van der Waals surface area contributed by atoms with Crippen LogP contribution in [0, 0.1) is 0 Å². The number of aliphatic hydroxyl groups excluding tert-OH is 1. The fourth-order valence-electron chi connectivity index (χ4n) is 1.31. The highest BCUT2D eigenvalue weighted by atomic mass is 79.9. The van der Waals surface area contributed by atoms with Crippen molar-refractivity contribution in [1.82, 2.24) is 0 Å². The number of benzene rings is 1. The number of furan rings is 1. The summed E-state index contributed by atoms with van der Waals surface area (Å²) in [5, 5.41) is 10.00. The first-order valence-corrected chi connectivity index (χ1v) is 5.92. The molecule has 0 fully saturated rings. The van der Waals surface area contributed by atoms with Gasteiger partial charge in [-0.15, -0.1) is 0 Å². The van der Waals surface area contributed by atoms with Crippen molar-refractivity contribution in [1.29, 1.82) is 0 Å². The number of halogens is 2. The molecule has 0 aliphatic heterocycles. The van der Waals surface area contributed by atoms with Crippen LogP contribution < -0.4 is 0 Å². The Bertz CT molecular complexity index is 452. The molecule has 0 saturated carbocycles. The van der Waals surface area contributed by atoms with E-state index in [4.69, 9.17) is 4.42 Å². The van der Waals surface area contributed by atoms with Crippen molar-refractivity contribution in [3.63, 3.8) is 0 Å². The van der Waals surface area contributed by atoms with Crippen molar-refractivity contribution >= 4 is 31.9 Å². The van der Waals surface area contributed by atoms with E-state index in [-0.39, 0.29) is 0 Å². The minimum Gasteiger partial charge on any atom is -0.472 e. The summed E-state index contributed by atoms with van der Waals surface area (Å²) >= 11 is 6.78. The molecule has 0 radical (unpaired) electrons. The fourth-order valence-corrected chi connectivity index (χ4v) is 1.95. The first-order chi connectivity index (χ1) is 7.18. The lowest BCUT2D eigenvalue weighted by Crippen LogP contribution is -1.97. The molecule has 0 bridgehead atoms. The normalized spacial score (nSPS) is 12.7. The Balaban J connectivity index is 2.34. The lowest BCUT2D eigenvalue weighted by molar-refractivity contribution is 0.219. The van der Waals surface area contributed by atoms with Gasteiger partial charge in [-0.1, -0.05) is 6.07 Å². The third-order valence-electron chi connectivity index (χ3n) is 2.12. The highest BCUT2D eigenvalue weighted by Gasteiger charge is 2.12. The summed E-state index contributed by atoms with van der Waals surface area (Å²) in [7, 11) is 0. The Labute approximate surface area is 104 Å². The molecule has 1 aromatic heterocycles. The van der Waals surface area contributed by atoms with E-state index in [9.17, 15) is 5.11 Å². The van der Waals surface area contributed by atoms with Crippen LogP contribution in [0.2, 0.25) is 0 Å². The van der Waals surface area contributed by atoms with E-state index in [2.05, 4.69) is 31.9 Å². The van der Waals surface area contributed by atoms with Crippen molar-refractivity contribution in [2.24, 2.45) is 0 Å². The summed E-state index contributed by atoms with van der Waals surface area (Å²) in [5.74, 6) is 0. The molecule has 15 heavy (non-hydrogen) atoms. The zero-order valence-corrected chi connectivity index (χ0v) is 10.8. The van der Waals surface area contributed by atoms with Gasteiger partial charge in [-0.25, -0.2) is 0 Å². The second-order valence-corrected chi connectivity index (χ2v) is 4.84. The van der Waals surface area contributed by atoms with Gasteiger partial charge in [-0.3, -0.25) is 0 Å². The Hall–Kier alpha value is -0.580. The van der Waals surface area contributed by atoms with E-state index in [1.165, 1.54) is 0 Å². The smallest absolute Gasteiger partial charge is 0.107 e. The van der Waals surface area contributed by atoms with Crippen molar-refractivity contribution in [2.75, 3.05) is 0 Å². The van der Waals surface area contributed by atoms with E-state index < -0.39 is 6.10 Å². The van der Waals surface area contributed by atoms with Gasteiger partial charge in [0.1, 0.15) is 6.10 Å². The largest absolute Gasteiger partial charge is 0.472 e. The van der Waals surface area contributed by atoms with Gasteiger partial charge in [0.2, 0.25) is 0 Å². The molecule has 1 unspecified atom stereocenters. The molecular weight excluding hydrogens is 324 g/mol. The minimum atomic E-state index is -0.645. The van der Waals surface area contributed by atoms with Crippen LogP contribution in [0.4, 0.5) is 0 Å². The van der Waals surface area contributed by atoms with Crippen LogP contribution >= 0.6 is 31.9 Å². The third kappa shape index (κ3) is 2.33. The summed E-state index contributed by atoms with van der Waals surface area (Å²) in [5.41, 5.74) is 1.58. The summed E-state index contributed by atoms with van der Waals surface area (Å²) in [6.45, 7) is 0. The van der Waals surface area contributed by atoms with Gasteiger partial charge in [0.25, 0.3) is 0 Å². The SMILES string of the molecule is OC(c1ccoc1)c1ccc(Br)c(Br)c1. The summed E-state index contributed by atoms with van der Waals surface area (Å²) < 4.78 is 6.81. The van der Waals surface area contributed by atoms with Crippen molar-refractivity contribution in [3.05, 3.63) is 56.9 Å². The van der Waals surface area contributed by atoms with E-state index in [0.29, 0.717) is 0 Å². The molecule has 0 aliphatic rings. The van der Waals surface area contributed by atoms with Crippen LogP contribution in [0.15, 0.2) is 50.2 Å². The molecule has 4 heteroatoms. The molecule has 1 heterocycles. The van der Waals surface area contributed by atoms with Crippen LogP contribution in [0.25, 0.3) is 0 Å². The second kappa shape index (κ2) is 4.51. The van der Waals surface area contributed by atoms with Gasteiger partial charge in [0, 0.05) is 14.5 Å². The monoisotopic (exact) mass is 330 g/mol. The van der Waals surface area contributed by atoms with Crippen LogP contribution in [0.3, 0.4) is 0 Å². The van der Waals surface area contributed by atoms with Crippen molar-refractivity contribution < 1.29 is 9.52 Å². The lowest BCUT2D eigenvalue weighted by atomic mass is 10.0. The zero-order chi connectivity index (χ0) is 10.8. The summed E-state index contributed by atoms with van der Waals surface area (Å²) in [6, 6.07) is 7.39. The van der Waals surface area contributed by atoms with Crippen LogP contribution in [-0.4, -0.2) is 5.11 Å². The van der Waals surface area contributed by atoms with E-state index >= 15 is 0 Å². The average Bonchev–Trinajstić information content (AvgIpc) is 2.74. The minimum absolute atomic E-state index is 0.645. The zero-order valence-electron chi connectivity index (χ0n) is 7.65. The van der Waals surface area contributed by atoms with Crippen LogP contribution in [-0.2, 0) is 0 Å². The standard InChI is InChI=1S/C11H8Br2O2/c12-9-2-1-7(5-10(9)13)11(14)8-3-4-15-6-8/h1-6,11,14H. The number of rotatable bonds is 2. The van der Waals surface area contributed by atoms with Gasteiger partial charge in [-0.2, -0.15) is 0 Å². The average molecular weight is 332 g/mol. The summed E-state index contributed by atoms with van der Waals surface area (Å²) in [4.78, 5) is 0. The van der Waals surface area contributed by atoms with E-state index in [0.717, 1.165) is 20.1 Å². The Morgan fingerprint density at radius 1 is 1.07 bits per heavy atom. The molecule has 0 saturated heterocycles. The highest BCUT2D eigenvalue weighted by Crippen LogP contribution is 2.29. The predicted octanol–water partition coefficient (Wildman–Crippen LogP) is 3.89. The molecule has 1 N–H and O–H groups in total. The summed E-state index contributed by atoms with van der Waals surface area (Å²) in [6.07, 6.45) is 2.45. The number of aliphatic hydroxyl groups is 1. The first-order valence-electron chi connectivity index (χ1n) is 4.33. The predicted molar refractivity (Wildman–Crippen MR) is 64.6 cm³/mol. The first kappa shape index (κ1) is 10.9. The van der Waals surface area contributed by atoms with Gasteiger partial charge < -0.3 is 9.52 Å². The molecule has 1 aromatic carbocycles. The Morgan fingerprint density at radius 3 is 2.47 bits per heavy atom. The van der Waals surface area contributed by atoms with E-state index in [1.807, 2.05) is 18.2 Å². The second-order valence-electron chi connectivity index (χ2n) is 3.13. The lowest BCUT2D eigenvalue weighted by Gasteiger charge is -2.09. The van der Waals surface area contributed by atoms with Crippen LogP contribution in [0.5, 0.6) is 0 Å². The van der Waals surface area contributed by atoms with Crippen molar-refractivity contribution in [3.8, 4) is 0 Å². The topological polar surface area (TPSA) is 33.4 Å². The molecule has 1 atom stereocenters. The number of hydrogen-bond donors (Lipinski definition) is 1. The Morgan fingerprint density at radius 2 is 1.87 bits per heavy atom. The Kier molecular flexibility index (Phi) is 3.29. The van der Waals surface area contributed by atoms with Gasteiger partial charge in [0.15, 0.2) is 0 Å². The molecule has 0 amide bonds. The van der Waals surface area contributed by atoms with Crippen LogP contribution in [0.1, 0.15) is 17.2 Å². The maximum Gasteiger partial charge on any atom is 0.107 e. The number of hydrogen-bond acceptors (Lipinski definition) is 2. The molecular formula is C11H8Br2O2. The maximum atomic E-state index is 10.00. The third-order valence-corrected chi connectivity index (χ3v) is 4.00. The maximum absolute atomic E-state index is 10.00. The quantitative estimate of drug-likeness (QED) is 0.905. The van der Waals surface area contributed by atoms with Gasteiger partial charge >= 0.3 is 0 Å². The van der Waals surface area contributed by atoms with Gasteiger partial charge in [0.05, 0.1) is 12.5 Å². The molecule has 0 aliphatic carbocycles. The van der Waals surface area contributed by atoms with Crippen molar-refractivity contribution in [2.45, 2.75) is 6.10 Å². The molecule has 0 spiro atoms. The molecule has 78 valence electrons. The van der Waals surface area contributed by atoms with Gasteiger partial charge in [-0.05, 0) is 55.6 Å². The fraction of sp³-hybridized carbons (Fsp3) is 0.0909. The van der Waals surface area contributed by atoms with E-state index in [1.54, 1.807) is 18.6 Å². The highest BCUT2D eigenvalue weighted by molar-refractivity contribution is 9.13. The molecule has 2 nitrogen and oxygen atoms in total. The molecule has 2 rings (SSSR count).